The van der Waals surface area contributed by atoms with Crippen molar-refractivity contribution in [1.29, 1.82) is 0 Å². The molecule has 0 bridgehead atoms. The maximum absolute atomic E-state index is 10.8. The number of hydrogen-bond acceptors (Lipinski definition) is 2. The van der Waals surface area contributed by atoms with Crippen molar-refractivity contribution in [3.63, 3.8) is 0 Å². The lowest BCUT2D eigenvalue weighted by atomic mass is 9.97. The van der Waals surface area contributed by atoms with Crippen LogP contribution in [0.1, 0.15) is 23.9 Å². The van der Waals surface area contributed by atoms with Crippen molar-refractivity contribution in [2.75, 3.05) is 0 Å². The molecular formula is C9H14N2O2. The molecule has 1 aromatic rings. The summed E-state index contributed by atoms with van der Waals surface area (Å²) < 4.78 is 0. The number of carboxylic acids is 1. The van der Waals surface area contributed by atoms with Gasteiger partial charge >= 0.3 is 5.97 Å². The summed E-state index contributed by atoms with van der Waals surface area (Å²) in [6.45, 7) is 5.19. The lowest BCUT2D eigenvalue weighted by Crippen LogP contribution is -2.42. The molecule has 0 saturated heterocycles. The van der Waals surface area contributed by atoms with E-state index in [9.17, 15) is 4.79 Å². The summed E-state index contributed by atoms with van der Waals surface area (Å²) in [5.74, 6) is -1.03. The predicted octanol–water partition coefficient (Wildman–Crippen LogP) is 0.890. The highest BCUT2D eigenvalue weighted by Gasteiger charge is 2.33. The summed E-state index contributed by atoms with van der Waals surface area (Å²) in [6, 6.07) is 1.88. The molecule has 0 fully saturated rings. The summed E-state index contributed by atoms with van der Waals surface area (Å²) in [6.07, 6.45) is 0. The Balaban J connectivity index is 3.21. The number of nitrogens with two attached hydrogens (primary N) is 1. The Morgan fingerprint density at radius 1 is 1.62 bits per heavy atom. The smallest absolute Gasteiger partial charge is 0.329 e. The van der Waals surface area contributed by atoms with E-state index in [1.165, 1.54) is 6.92 Å². The van der Waals surface area contributed by atoms with Gasteiger partial charge in [0.1, 0.15) is 0 Å². The Labute approximate surface area is 76.8 Å². The number of aromatic nitrogens is 1. The molecule has 4 heteroatoms. The molecule has 0 amide bonds. The monoisotopic (exact) mass is 182 g/mol. The lowest BCUT2D eigenvalue weighted by Gasteiger charge is -2.18. The molecule has 0 saturated carbocycles. The summed E-state index contributed by atoms with van der Waals surface area (Å²) in [7, 11) is 0. The van der Waals surface area contributed by atoms with E-state index in [4.69, 9.17) is 10.8 Å². The number of H-pyrrole nitrogens is 1. The molecule has 13 heavy (non-hydrogen) atoms. The van der Waals surface area contributed by atoms with E-state index in [1.54, 1.807) is 0 Å². The standard InChI is InChI=1S/C9H14N2O2/c1-5-4-6(2)11-7(5)9(3,10)8(12)13/h4,11H,10H2,1-3H3,(H,12,13). The van der Waals surface area contributed by atoms with Gasteiger partial charge in [0.25, 0.3) is 0 Å². The lowest BCUT2D eigenvalue weighted by molar-refractivity contribution is -0.143. The average Bonchev–Trinajstić information content (AvgIpc) is 2.30. The van der Waals surface area contributed by atoms with Crippen molar-refractivity contribution in [2.45, 2.75) is 26.3 Å². The number of nitrogens with one attached hydrogen (secondary N) is 1. The molecule has 4 N–H and O–H groups in total. The van der Waals surface area contributed by atoms with Crippen LogP contribution in [-0.4, -0.2) is 16.1 Å². The van der Waals surface area contributed by atoms with Crippen molar-refractivity contribution in [3.05, 3.63) is 23.0 Å². The highest BCUT2D eigenvalue weighted by atomic mass is 16.4. The molecule has 0 aliphatic carbocycles. The molecule has 0 aromatic carbocycles. The van der Waals surface area contributed by atoms with Gasteiger partial charge in [-0.3, -0.25) is 0 Å². The fraction of sp³-hybridized carbons (Fsp3) is 0.444. The van der Waals surface area contributed by atoms with Crippen LogP contribution in [0.3, 0.4) is 0 Å². The number of aromatic amines is 1. The zero-order valence-corrected chi connectivity index (χ0v) is 8.01. The van der Waals surface area contributed by atoms with Crippen LogP contribution in [0, 0.1) is 13.8 Å². The van der Waals surface area contributed by atoms with Crippen LogP contribution in [0.2, 0.25) is 0 Å². The van der Waals surface area contributed by atoms with Crippen LogP contribution in [-0.2, 0) is 10.3 Å². The molecule has 1 unspecified atom stereocenters. The summed E-state index contributed by atoms with van der Waals surface area (Å²) in [4.78, 5) is 13.8. The molecule has 4 nitrogen and oxygen atoms in total. The number of carboxylic acid groups (broad SMARTS) is 1. The first-order valence-electron chi connectivity index (χ1n) is 4.04. The summed E-state index contributed by atoms with van der Waals surface area (Å²) >= 11 is 0. The van der Waals surface area contributed by atoms with Crippen molar-refractivity contribution in [2.24, 2.45) is 5.73 Å². The number of hydrogen-bond donors (Lipinski definition) is 3. The molecule has 72 valence electrons. The highest BCUT2D eigenvalue weighted by molar-refractivity contribution is 5.79. The average molecular weight is 182 g/mol. The first-order valence-corrected chi connectivity index (χ1v) is 4.04. The first kappa shape index (κ1) is 9.80. The SMILES string of the molecule is Cc1cc(C)c(C(C)(N)C(=O)O)[nH]1. The molecule has 0 radical (unpaired) electrons. The van der Waals surface area contributed by atoms with Crippen LogP contribution in [0.4, 0.5) is 0 Å². The van der Waals surface area contributed by atoms with Crippen molar-refractivity contribution >= 4 is 5.97 Å². The second kappa shape index (κ2) is 2.88. The minimum atomic E-state index is -1.33. The maximum Gasteiger partial charge on any atom is 0.329 e. The van der Waals surface area contributed by atoms with Crippen molar-refractivity contribution < 1.29 is 9.90 Å². The predicted molar refractivity (Wildman–Crippen MR) is 49.4 cm³/mol. The Morgan fingerprint density at radius 3 is 2.46 bits per heavy atom. The van der Waals surface area contributed by atoms with Crippen molar-refractivity contribution in [3.8, 4) is 0 Å². The quantitative estimate of drug-likeness (QED) is 0.635. The van der Waals surface area contributed by atoms with E-state index in [0.29, 0.717) is 5.69 Å². The van der Waals surface area contributed by atoms with E-state index in [-0.39, 0.29) is 0 Å². The number of aryl methyl sites for hydroxylation is 2. The Bertz CT molecular complexity index is 339. The van der Waals surface area contributed by atoms with Crippen LogP contribution in [0.15, 0.2) is 6.07 Å². The van der Waals surface area contributed by atoms with E-state index in [0.717, 1.165) is 11.3 Å². The summed E-state index contributed by atoms with van der Waals surface area (Å²) in [5, 5.41) is 8.88. The number of aliphatic carboxylic acids is 1. The van der Waals surface area contributed by atoms with Gasteiger partial charge in [-0.1, -0.05) is 0 Å². The van der Waals surface area contributed by atoms with Gasteiger partial charge in [-0.05, 0) is 32.4 Å². The number of carbonyl (C=O) groups is 1. The van der Waals surface area contributed by atoms with Crippen LogP contribution in [0.25, 0.3) is 0 Å². The zero-order valence-electron chi connectivity index (χ0n) is 8.01. The molecule has 1 atom stereocenters. The largest absolute Gasteiger partial charge is 0.480 e. The van der Waals surface area contributed by atoms with Crippen molar-refractivity contribution in [1.82, 2.24) is 4.98 Å². The molecular weight excluding hydrogens is 168 g/mol. The molecule has 0 spiro atoms. The Hall–Kier alpha value is -1.29. The molecule has 1 rings (SSSR count). The summed E-state index contributed by atoms with van der Waals surface area (Å²) in [5.41, 5.74) is 6.70. The van der Waals surface area contributed by atoms with E-state index < -0.39 is 11.5 Å². The van der Waals surface area contributed by atoms with Gasteiger partial charge in [0.15, 0.2) is 5.54 Å². The van der Waals surface area contributed by atoms with E-state index in [2.05, 4.69) is 4.98 Å². The molecule has 1 aromatic heterocycles. The van der Waals surface area contributed by atoms with Gasteiger partial charge < -0.3 is 15.8 Å². The number of rotatable bonds is 2. The van der Waals surface area contributed by atoms with Gasteiger partial charge in [0, 0.05) is 11.4 Å². The van der Waals surface area contributed by atoms with Crippen LogP contribution < -0.4 is 5.73 Å². The first-order chi connectivity index (χ1) is 5.85. The maximum atomic E-state index is 10.8. The molecule has 0 aliphatic rings. The molecule has 1 heterocycles. The second-order valence-electron chi connectivity index (χ2n) is 3.52. The van der Waals surface area contributed by atoms with E-state index in [1.807, 2.05) is 19.9 Å². The molecule has 0 aliphatic heterocycles. The Morgan fingerprint density at radius 2 is 2.15 bits per heavy atom. The van der Waals surface area contributed by atoms with Crippen LogP contribution in [0.5, 0.6) is 0 Å². The third-order valence-electron chi connectivity index (χ3n) is 2.11. The third-order valence-corrected chi connectivity index (χ3v) is 2.11. The zero-order chi connectivity index (χ0) is 10.2. The highest BCUT2D eigenvalue weighted by Crippen LogP contribution is 2.21. The fourth-order valence-electron chi connectivity index (χ4n) is 1.38. The van der Waals surface area contributed by atoms with Gasteiger partial charge in [0.2, 0.25) is 0 Å². The van der Waals surface area contributed by atoms with Crippen LogP contribution >= 0.6 is 0 Å². The minimum absolute atomic E-state index is 0.567. The topological polar surface area (TPSA) is 79.1 Å². The minimum Gasteiger partial charge on any atom is -0.480 e. The van der Waals surface area contributed by atoms with E-state index >= 15 is 0 Å². The fourth-order valence-corrected chi connectivity index (χ4v) is 1.38. The second-order valence-corrected chi connectivity index (χ2v) is 3.52. The van der Waals surface area contributed by atoms with Gasteiger partial charge in [-0.25, -0.2) is 4.79 Å². The van der Waals surface area contributed by atoms with Gasteiger partial charge in [0.05, 0.1) is 0 Å². The van der Waals surface area contributed by atoms with Gasteiger partial charge in [-0.2, -0.15) is 0 Å². The van der Waals surface area contributed by atoms with Gasteiger partial charge in [-0.15, -0.1) is 0 Å². The Kier molecular flexibility index (Phi) is 2.17. The third kappa shape index (κ3) is 1.58. The normalized spacial score (nSPS) is 15.4.